The summed E-state index contributed by atoms with van der Waals surface area (Å²) < 4.78 is 93.6. The number of nitrogen functional groups attached to an aromatic ring is 1. The van der Waals surface area contributed by atoms with Crippen molar-refractivity contribution in [1.29, 1.82) is 0 Å². The van der Waals surface area contributed by atoms with Crippen LogP contribution in [0, 0.1) is 34.9 Å². The Labute approximate surface area is 458 Å². The van der Waals surface area contributed by atoms with Gasteiger partial charge in [0.1, 0.15) is 47.7 Å². The van der Waals surface area contributed by atoms with E-state index in [1.165, 1.54) is 74.8 Å². The highest BCUT2D eigenvalue weighted by atomic mass is 35.5. The number of fused-ring (bicyclic) bond motifs is 2. The van der Waals surface area contributed by atoms with Gasteiger partial charge < -0.3 is 35.7 Å². The number of nitrogens with one attached hydrogen (secondary N) is 2. The molecule has 1 aromatic heterocycles. The number of carboxylic acid groups (broad SMARTS) is 1. The van der Waals surface area contributed by atoms with Crippen molar-refractivity contribution in [2.45, 2.75) is 31.3 Å². The van der Waals surface area contributed by atoms with E-state index in [2.05, 4.69) is 34.9 Å². The van der Waals surface area contributed by atoms with Crippen LogP contribution in [0.5, 0.6) is 0 Å². The van der Waals surface area contributed by atoms with Crippen LogP contribution in [0.3, 0.4) is 0 Å². The second kappa shape index (κ2) is 28.9. The fourth-order valence-electron chi connectivity index (χ4n) is 7.43. The fraction of sp³-hybridized carbons (Fsp3) is 0.167. The molecule has 0 radical (unpaired) electrons. The number of aryl methyl sites for hydroxylation is 1. The van der Waals surface area contributed by atoms with E-state index in [0.717, 1.165) is 48.5 Å². The number of halogens is 7. The van der Waals surface area contributed by atoms with Crippen molar-refractivity contribution in [3.05, 3.63) is 206 Å². The van der Waals surface area contributed by atoms with Crippen molar-refractivity contribution in [2.24, 2.45) is 7.05 Å². The monoisotopic (exact) mass is 1140 g/mol. The first-order chi connectivity index (χ1) is 37.0. The van der Waals surface area contributed by atoms with Crippen molar-refractivity contribution in [3.63, 3.8) is 0 Å². The van der Waals surface area contributed by atoms with E-state index in [0.29, 0.717) is 16.4 Å². The molecule has 2 aliphatic heterocycles. The zero-order valence-electron chi connectivity index (χ0n) is 41.9. The van der Waals surface area contributed by atoms with Gasteiger partial charge >= 0.3 is 23.9 Å². The molecule has 0 amide bonds. The SMILES string of the molecule is COC(=O)c1cc(F)cc2c1C(=O)CC(c1ccc(F)cc1)N2.COC(=O)c1cc(F)cc2c1C(=O)C[C@@H](c1ccc(F)cc1)N2.COC(=O)c1cc(N)cc(F)c1.Cn1ncnc1Cl.O=C(O)CC(=O)c1ccc(F)cc1.S. The van der Waals surface area contributed by atoms with Gasteiger partial charge in [0.25, 0.3) is 0 Å². The summed E-state index contributed by atoms with van der Waals surface area (Å²) in [5, 5.41) is 18.5. The number of benzene rings is 6. The third-order valence-corrected chi connectivity index (χ3v) is 11.4. The molecule has 3 heterocycles. The quantitative estimate of drug-likeness (QED) is 0.0276. The Morgan fingerprint density at radius 1 is 0.608 bits per heavy atom. The molecule has 0 fully saturated rings. The smallest absolute Gasteiger partial charge is 0.338 e. The first-order valence-corrected chi connectivity index (χ1v) is 23.0. The van der Waals surface area contributed by atoms with Crippen LogP contribution >= 0.6 is 25.1 Å². The lowest BCUT2D eigenvalue weighted by molar-refractivity contribution is -0.135. The van der Waals surface area contributed by atoms with Crippen LogP contribution in [0.2, 0.25) is 5.28 Å². The number of nitrogens with zero attached hydrogens (tertiary/aromatic N) is 3. The number of carbonyl (C=O) groups excluding carboxylic acids is 6. The Bertz CT molecular complexity index is 3180. The standard InChI is InChI=1S/2C17H13F2NO3.C9H7FO3.C8H8FNO2.C3H4ClN3.H2S/c2*1-23-17(22)12-6-11(19)7-14-16(12)15(21)8-13(20-14)9-2-4-10(18)5-3-9;10-7-3-1-6(2-4-7)8(11)5-9(12)13;1-12-8(11)5-2-6(9)4-7(10)3-5;1-7-3(4)5-2-6-7;/h2*2-7,13,20H,8H2,1H3;1-4H,5H2,(H,12,13);2-4H,10H2,1H3;2H,1H3;1H2/t13-;;;;;/m0...../s1. The first kappa shape index (κ1) is 62.5. The molecule has 0 spiro atoms. The molecule has 7 aromatic rings. The van der Waals surface area contributed by atoms with Crippen LogP contribution in [0.1, 0.15) is 105 Å². The number of aromatic nitrogens is 3. The Kier molecular flexibility index (Phi) is 22.9. The third kappa shape index (κ3) is 17.5. The average Bonchev–Trinajstić information content (AvgIpc) is 3.81. The van der Waals surface area contributed by atoms with Gasteiger partial charge in [-0.2, -0.15) is 18.6 Å². The Hall–Kier alpha value is -9.03. The summed E-state index contributed by atoms with van der Waals surface area (Å²) in [5.41, 5.74) is 7.76. The number of ketones is 3. The van der Waals surface area contributed by atoms with Crippen LogP contribution in [-0.4, -0.2) is 82.4 Å². The zero-order chi connectivity index (χ0) is 57.4. The lowest BCUT2D eigenvalue weighted by Gasteiger charge is -2.27. The van der Waals surface area contributed by atoms with E-state index < -0.39 is 71.4 Å². The second-order valence-corrected chi connectivity index (χ2v) is 16.7. The average molecular weight is 1140 g/mol. The van der Waals surface area contributed by atoms with Gasteiger partial charge in [-0.1, -0.05) is 24.3 Å². The third-order valence-electron chi connectivity index (χ3n) is 11.0. The molecule has 0 saturated heterocycles. The fourth-order valence-corrected chi connectivity index (χ4v) is 7.52. The molecule has 5 N–H and O–H groups in total. The van der Waals surface area contributed by atoms with E-state index in [1.807, 2.05) is 0 Å². The highest BCUT2D eigenvalue weighted by molar-refractivity contribution is 7.59. The van der Waals surface area contributed by atoms with Crippen molar-refractivity contribution in [3.8, 4) is 0 Å². The predicted octanol–water partition coefficient (Wildman–Crippen LogP) is 10.2. The topological polar surface area (TPSA) is 248 Å². The minimum atomic E-state index is -1.19. The number of rotatable bonds is 8. The van der Waals surface area contributed by atoms with Gasteiger partial charge in [-0.15, -0.1) is 0 Å². The summed E-state index contributed by atoms with van der Waals surface area (Å²) in [6.45, 7) is 0. The molecule has 17 nitrogen and oxygen atoms in total. The minimum absolute atomic E-state index is 0. The van der Waals surface area contributed by atoms with Crippen molar-refractivity contribution >= 4 is 83.4 Å². The highest BCUT2D eigenvalue weighted by Crippen LogP contribution is 2.37. The molecular weight excluding hydrogens is 1090 g/mol. The first-order valence-electron chi connectivity index (χ1n) is 22.6. The number of methoxy groups -OCH3 is 3. The number of hydrogen-bond donors (Lipinski definition) is 4. The number of ether oxygens (including phenoxy) is 3. The normalized spacial score (nSPS) is 13.5. The number of hydrogen-bond acceptors (Lipinski definition) is 15. The van der Waals surface area contributed by atoms with E-state index in [9.17, 15) is 59.9 Å². The molecule has 9 rings (SSSR count). The van der Waals surface area contributed by atoms with Gasteiger partial charge in [-0.25, -0.2) is 50.4 Å². The summed E-state index contributed by atoms with van der Waals surface area (Å²) in [5.74, 6) is -7.49. The van der Waals surface area contributed by atoms with Gasteiger partial charge in [-0.3, -0.25) is 19.2 Å². The summed E-state index contributed by atoms with van der Waals surface area (Å²) in [7, 11) is 5.29. The predicted molar refractivity (Wildman–Crippen MR) is 280 cm³/mol. The number of Topliss-reactive ketones (excluding diaryl/α,β-unsaturated/α-hetero) is 3. The molecule has 79 heavy (non-hydrogen) atoms. The van der Waals surface area contributed by atoms with Crippen LogP contribution in [0.4, 0.5) is 43.4 Å². The van der Waals surface area contributed by atoms with Gasteiger partial charge in [0.05, 0.1) is 61.2 Å². The second-order valence-electron chi connectivity index (χ2n) is 16.4. The van der Waals surface area contributed by atoms with Crippen LogP contribution in [-0.2, 0) is 26.1 Å². The van der Waals surface area contributed by atoms with E-state index >= 15 is 0 Å². The maximum atomic E-state index is 13.8. The summed E-state index contributed by atoms with van der Waals surface area (Å²) in [4.78, 5) is 84.1. The number of anilines is 3. The maximum Gasteiger partial charge on any atom is 0.338 e. The molecule has 6 aromatic carbocycles. The molecule has 25 heteroatoms. The lowest BCUT2D eigenvalue weighted by atomic mass is 9.89. The zero-order valence-corrected chi connectivity index (χ0v) is 43.7. The van der Waals surface area contributed by atoms with E-state index in [4.69, 9.17) is 22.4 Å². The molecule has 0 saturated carbocycles. The number of aliphatic carboxylic acids is 1. The van der Waals surface area contributed by atoms with Crippen molar-refractivity contribution in [1.82, 2.24) is 14.8 Å². The molecule has 414 valence electrons. The van der Waals surface area contributed by atoms with E-state index in [-0.39, 0.29) is 100.0 Å². The number of nitrogens with two attached hydrogens (primary N) is 1. The number of carboxylic acids is 1. The molecule has 2 aliphatic rings. The summed E-state index contributed by atoms with van der Waals surface area (Å²) >= 11 is 5.41. The van der Waals surface area contributed by atoms with Crippen LogP contribution in [0.15, 0.2) is 122 Å². The molecule has 1 unspecified atom stereocenters. The van der Waals surface area contributed by atoms with Crippen molar-refractivity contribution in [2.75, 3.05) is 37.7 Å². The van der Waals surface area contributed by atoms with Crippen molar-refractivity contribution < 1.29 is 79.2 Å². The lowest BCUT2D eigenvalue weighted by Crippen LogP contribution is -2.25. The van der Waals surface area contributed by atoms with Gasteiger partial charge in [-0.05, 0) is 114 Å². The highest BCUT2D eigenvalue weighted by Gasteiger charge is 2.32. The minimum Gasteiger partial charge on any atom is -0.481 e. The molecular formula is C54H47ClF6N6O11S. The molecule has 2 atom stereocenters. The summed E-state index contributed by atoms with van der Waals surface area (Å²) in [6.07, 6.45) is 0.997. The number of carbonyl (C=O) groups is 7. The summed E-state index contributed by atoms with van der Waals surface area (Å²) in [6, 6.07) is 23.2. The maximum absolute atomic E-state index is 13.8. The van der Waals surface area contributed by atoms with Gasteiger partial charge in [0, 0.05) is 42.5 Å². The molecule has 0 aliphatic carbocycles. The Balaban J connectivity index is 0.000000224. The Morgan fingerprint density at radius 3 is 1.35 bits per heavy atom. The van der Waals surface area contributed by atoms with Crippen LogP contribution < -0.4 is 16.4 Å². The van der Waals surface area contributed by atoms with Gasteiger partial charge in [0.2, 0.25) is 5.28 Å². The van der Waals surface area contributed by atoms with Crippen LogP contribution in [0.25, 0.3) is 0 Å². The Morgan fingerprint density at radius 2 is 1.01 bits per heavy atom. The number of esters is 3. The van der Waals surface area contributed by atoms with Gasteiger partial charge in [0.15, 0.2) is 17.3 Å². The molecule has 0 bridgehead atoms. The largest absolute Gasteiger partial charge is 0.481 e. The van der Waals surface area contributed by atoms with E-state index in [1.54, 1.807) is 31.3 Å².